The number of hydrogen-bond donors (Lipinski definition) is 2. The molecule has 0 saturated heterocycles. The second-order valence-corrected chi connectivity index (χ2v) is 6.39. The van der Waals surface area contributed by atoms with E-state index in [1.165, 1.54) is 19.2 Å². The van der Waals surface area contributed by atoms with E-state index in [2.05, 4.69) is 9.71 Å². The van der Waals surface area contributed by atoms with E-state index < -0.39 is 16.0 Å². The highest BCUT2D eigenvalue weighted by molar-refractivity contribution is 7.89. The number of carbonyl (C=O) groups is 1. The molecule has 0 aliphatic carbocycles. The summed E-state index contributed by atoms with van der Waals surface area (Å²) in [5.41, 5.74) is 1.41. The number of imidazole rings is 1. The van der Waals surface area contributed by atoms with Crippen LogP contribution in [0.2, 0.25) is 0 Å². The van der Waals surface area contributed by atoms with Crippen molar-refractivity contribution in [3.63, 3.8) is 0 Å². The number of rotatable bonds is 5. The molecule has 0 unspecified atom stereocenters. The molecule has 1 aromatic heterocycles. The first-order chi connectivity index (χ1) is 9.34. The zero-order chi connectivity index (χ0) is 14.9. The fourth-order valence-electron chi connectivity index (χ4n) is 1.97. The van der Waals surface area contributed by atoms with Gasteiger partial charge in [-0.25, -0.2) is 22.9 Å². The fourth-order valence-corrected chi connectivity index (χ4v) is 2.60. The molecule has 1 heterocycles. The van der Waals surface area contributed by atoms with Crippen LogP contribution in [-0.4, -0.2) is 41.8 Å². The van der Waals surface area contributed by atoms with Crippen molar-refractivity contribution in [1.29, 1.82) is 0 Å². The lowest BCUT2D eigenvalue weighted by Gasteiger charge is -2.07. The van der Waals surface area contributed by atoms with Crippen molar-refractivity contribution in [2.75, 3.05) is 12.8 Å². The summed E-state index contributed by atoms with van der Waals surface area (Å²) < 4.78 is 26.9. The molecule has 0 spiro atoms. The summed E-state index contributed by atoms with van der Waals surface area (Å²) in [6, 6.07) is 4.60. The van der Waals surface area contributed by atoms with Gasteiger partial charge in [-0.05, 0) is 32.2 Å². The van der Waals surface area contributed by atoms with Crippen LogP contribution in [0.3, 0.4) is 0 Å². The zero-order valence-electron chi connectivity index (χ0n) is 11.1. The minimum absolute atomic E-state index is 0.0902. The second kappa shape index (κ2) is 5.22. The molecular formula is C12H15N3O4S. The Morgan fingerprint density at radius 1 is 1.45 bits per heavy atom. The van der Waals surface area contributed by atoms with Gasteiger partial charge in [0.2, 0.25) is 10.0 Å². The van der Waals surface area contributed by atoms with Gasteiger partial charge in [0.1, 0.15) is 5.82 Å². The molecule has 8 heteroatoms. The van der Waals surface area contributed by atoms with Gasteiger partial charge in [0.25, 0.3) is 0 Å². The van der Waals surface area contributed by atoms with Crippen molar-refractivity contribution in [3.05, 3.63) is 29.6 Å². The Morgan fingerprint density at radius 2 is 2.15 bits per heavy atom. The highest BCUT2D eigenvalue weighted by Crippen LogP contribution is 2.18. The van der Waals surface area contributed by atoms with Gasteiger partial charge in [-0.3, -0.25) is 0 Å². The SMILES string of the molecule is CNS(=O)(=O)CCn1c(C)nc2ccc(C(=O)O)cc21. The van der Waals surface area contributed by atoms with Crippen molar-refractivity contribution < 1.29 is 18.3 Å². The highest BCUT2D eigenvalue weighted by Gasteiger charge is 2.13. The molecule has 2 N–H and O–H groups in total. The van der Waals surface area contributed by atoms with Gasteiger partial charge in [0.15, 0.2) is 0 Å². The minimum Gasteiger partial charge on any atom is -0.478 e. The van der Waals surface area contributed by atoms with Crippen LogP contribution in [0.4, 0.5) is 0 Å². The van der Waals surface area contributed by atoms with Gasteiger partial charge in [0, 0.05) is 6.54 Å². The molecule has 0 bridgehead atoms. The van der Waals surface area contributed by atoms with Gasteiger partial charge in [0.05, 0.1) is 22.3 Å². The van der Waals surface area contributed by atoms with E-state index in [1.54, 1.807) is 17.6 Å². The van der Waals surface area contributed by atoms with Crippen LogP contribution in [0.25, 0.3) is 11.0 Å². The van der Waals surface area contributed by atoms with Crippen molar-refractivity contribution in [2.24, 2.45) is 0 Å². The summed E-state index contributed by atoms with van der Waals surface area (Å²) in [4.78, 5) is 15.3. The maximum absolute atomic E-state index is 11.5. The Morgan fingerprint density at radius 3 is 2.75 bits per heavy atom. The quantitative estimate of drug-likeness (QED) is 0.841. The van der Waals surface area contributed by atoms with Crippen LogP contribution in [0.5, 0.6) is 0 Å². The van der Waals surface area contributed by atoms with Crippen LogP contribution in [0.15, 0.2) is 18.2 Å². The molecule has 0 amide bonds. The lowest BCUT2D eigenvalue weighted by Crippen LogP contribution is -2.25. The lowest BCUT2D eigenvalue weighted by atomic mass is 10.2. The maximum atomic E-state index is 11.5. The number of aromatic nitrogens is 2. The van der Waals surface area contributed by atoms with Gasteiger partial charge in [-0.2, -0.15) is 0 Å². The Balaban J connectivity index is 2.44. The largest absolute Gasteiger partial charge is 0.478 e. The normalized spacial score (nSPS) is 11.9. The average molecular weight is 297 g/mol. The molecule has 2 rings (SSSR count). The number of hydrogen-bond acceptors (Lipinski definition) is 4. The second-order valence-electron chi connectivity index (χ2n) is 4.34. The predicted molar refractivity (Wildman–Crippen MR) is 74.3 cm³/mol. The van der Waals surface area contributed by atoms with Crippen LogP contribution in [0.1, 0.15) is 16.2 Å². The number of nitrogens with zero attached hydrogens (tertiary/aromatic N) is 2. The van der Waals surface area contributed by atoms with E-state index >= 15 is 0 Å². The monoisotopic (exact) mass is 297 g/mol. The molecule has 0 atom stereocenters. The van der Waals surface area contributed by atoms with Gasteiger partial charge in [-0.1, -0.05) is 0 Å². The molecule has 0 aliphatic heterocycles. The third-order valence-electron chi connectivity index (χ3n) is 3.08. The van der Waals surface area contributed by atoms with Crippen LogP contribution >= 0.6 is 0 Å². The summed E-state index contributed by atoms with van der Waals surface area (Å²) in [6.45, 7) is 1.97. The van der Waals surface area contributed by atoms with E-state index in [0.29, 0.717) is 16.9 Å². The Bertz CT molecular complexity index is 764. The number of fused-ring (bicyclic) bond motifs is 1. The molecule has 2 aromatic rings. The lowest BCUT2D eigenvalue weighted by molar-refractivity contribution is 0.0697. The van der Waals surface area contributed by atoms with Gasteiger partial charge in [-0.15, -0.1) is 0 Å². The average Bonchev–Trinajstić information content (AvgIpc) is 2.71. The molecule has 0 radical (unpaired) electrons. The van der Waals surface area contributed by atoms with Crippen molar-refractivity contribution in [3.8, 4) is 0 Å². The number of carboxylic acids is 1. The summed E-state index contributed by atoms with van der Waals surface area (Å²) >= 11 is 0. The number of aryl methyl sites for hydroxylation is 2. The first-order valence-corrected chi connectivity index (χ1v) is 7.60. The van der Waals surface area contributed by atoms with Gasteiger partial charge >= 0.3 is 5.97 Å². The third kappa shape index (κ3) is 2.81. The molecule has 20 heavy (non-hydrogen) atoms. The number of aromatic carboxylic acids is 1. The Hall–Kier alpha value is -1.93. The van der Waals surface area contributed by atoms with Gasteiger partial charge < -0.3 is 9.67 Å². The predicted octanol–water partition coefficient (Wildman–Crippen LogP) is 0.592. The van der Waals surface area contributed by atoms with E-state index in [1.807, 2.05) is 0 Å². The van der Waals surface area contributed by atoms with Crippen molar-refractivity contribution in [2.45, 2.75) is 13.5 Å². The number of benzene rings is 1. The topological polar surface area (TPSA) is 101 Å². The smallest absolute Gasteiger partial charge is 0.335 e. The van der Waals surface area contributed by atoms with E-state index in [-0.39, 0.29) is 17.9 Å². The van der Waals surface area contributed by atoms with Crippen LogP contribution in [0, 0.1) is 6.92 Å². The molecule has 7 nitrogen and oxygen atoms in total. The minimum atomic E-state index is -3.32. The summed E-state index contributed by atoms with van der Waals surface area (Å²) in [5, 5.41) is 9.00. The fraction of sp³-hybridized carbons (Fsp3) is 0.333. The van der Waals surface area contributed by atoms with Crippen LogP contribution in [-0.2, 0) is 16.6 Å². The van der Waals surface area contributed by atoms with Crippen LogP contribution < -0.4 is 4.72 Å². The van der Waals surface area contributed by atoms with E-state index in [0.717, 1.165) is 0 Å². The first-order valence-electron chi connectivity index (χ1n) is 5.95. The van der Waals surface area contributed by atoms with Crippen molar-refractivity contribution in [1.82, 2.24) is 14.3 Å². The highest BCUT2D eigenvalue weighted by atomic mass is 32.2. The molecule has 1 aromatic carbocycles. The number of carboxylic acid groups (broad SMARTS) is 1. The molecular weight excluding hydrogens is 282 g/mol. The Labute approximate surface area is 116 Å². The molecule has 0 saturated carbocycles. The van der Waals surface area contributed by atoms with Crippen molar-refractivity contribution >= 4 is 27.0 Å². The summed E-state index contributed by atoms with van der Waals surface area (Å²) in [6.07, 6.45) is 0. The standard InChI is InChI=1S/C12H15N3O4S/c1-8-14-10-4-3-9(12(16)17)7-11(10)15(8)5-6-20(18,19)13-2/h3-4,7,13H,5-6H2,1-2H3,(H,16,17). The third-order valence-corrected chi connectivity index (χ3v) is 4.42. The Kier molecular flexibility index (Phi) is 3.78. The zero-order valence-corrected chi connectivity index (χ0v) is 11.9. The molecule has 0 fully saturated rings. The summed E-state index contributed by atoms with van der Waals surface area (Å²) in [7, 11) is -1.96. The summed E-state index contributed by atoms with van der Waals surface area (Å²) in [5.74, 6) is -0.471. The number of nitrogens with one attached hydrogen (secondary N) is 1. The maximum Gasteiger partial charge on any atom is 0.335 e. The molecule has 108 valence electrons. The number of sulfonamides is 1. The van der Waals surface area contributed by atoms with E-state index in [9.17, 15) is 13.2 Å². The first kappa shape index (κ1) is 14.5. The van der Waals surface area contributed by atoms with E-state index in [4.69, 9.17) is 5.11 Å². The molecule has 0 aliphatic rings.